The van der Waals surface area contributed by atoms with Gasteiger partial charge in [0.2, 0.25) is 5.91 Å². The zero-order chi connectivity index (χ0) is 16.6. The van der Waals surface area contributed by atoms with Crippen molar-refractivity contribution in [3.63, 3.8) is 0 Å². The minimum atomic E-state index is -0.365. The van der Waals surface area contributed by atoms with Crippen LogP contribution in [0, 0.1) is 5.41 Å². The van der Waals surface area contributed by atoms with Gasteiger partial charge in [-0.3, -0.25) is 9.59 Å². The van der Waals surface area contributed by atoms with Crippen molar-refractivity contribution in [1.82, 2.24) is 14.9 Å². The Kier molecular flexibility index (Phi) is 3.55. The fourth-order valence-corrected chi connectivity index (χ4v) is 3.66. The smallest absolute Gasteiger partial charge is 0.289 e. The summed E-state index contributed by atoms with van der Waals surface area (Å²) in [4.78, 5) is 36.8. The Morgan fingerprint density at radius 3 is 2.50 bits per heavy atom. The first-order valence-electron chi connectivity index (χ1n) is 8.09. The lowest BCUT2D eigenvalue weighted by Gasteiger charge is -2.37. The van der Waals surface area contributed by atoms with Crippen LogP contribution in [0.3, 0.4) is 0 Å². The second kappa shape index (κ2) is 5.74. The molecular formula is C17H18N4O3. The quantitative estimate of drug-likeness (QED) is 0.839. The lowest BCUT2D eigenvalue weighted by molar-refractivity contribution is -0.127. The number of nitrogens with zero attached hydrogens (tertiary/aromatic N) is 4. The number of rotatable bonds is 2. The average molecular weight is 326 g/mol. The Balaban J connectivity index is 1.45. The van der Waals surface area contributed by atoms with Crippen molar-refractivity contribution in [3.8, 4) is 0 Å². The van der Waals surface area contributed by atoms with Gasteiger partial charge in [-0.25, -0.2) is 9.97 Å². The predicted octanol–water partition coefficient (Wildman–Crippen LogP) is 1.73. The van der Waals surface area contributed by atoms with E-state index in [1.54, 1.807) is 34.3 Å². The number of carbonyl (C=O) groups is 2. The lowest BCUT2D eigenvalue weighted by Crippen LogP contribution is -2.46. The monoisotopic (exact) mass is 326 g/mol. The van der Waals surface area contributed by atoms with Crippen molar-refractivity contribution in [3.05, 3.63) is 42.9 Å². The lowest BCUT2D eigenvalue weighted by atomic mass is 9.77. The van der Waals surface area contributed by atoms with Crippen molar-refractivity contribution in [2.45, 2.75) is 19.3 Å². The molecular weight excluding hydrogens is 308 g/mol. The molecule has 1 spiro atoms. The van der Waals surface area contributed by atoms with Crippen molar-refractivity contribution >= 4 is 17.5 Å². The maximum Gasteiger partial charge on any atom is 0.289 e. The largest absolute Gasteiger partial charge is 0.459 e. The topological polar surface area (TPSA) is 79.5 Å². The molecule has 0 aliphatic carbocycles. The maximum absolute atomic E-state index is 12.9. The van der Waals surface area contributed by atoms with Gasteiger partial charge in [0.05, 0.1) is 29.8 Å². The molecule has 7 heteroatoms. The molecule has 7 nitrogen and oxygen atoms in total. The molecule has 2 aliphatic heterocycles. The second-order valence-corrected chi connectivity index (χ2v) is 6.35. The Hall–Kier alpha value is -2.70. The highest BCUT2D eigenvalue weighted by Gasteiger charge is 2.49. The third-order valence-electron chi connectivity index (χ3n) is 5.11. The van der Waals surface area contributed by atoms with Gasteiger partial charge < -0.3 is 14.2 Å². The van der Waals surface area contributed by atoms with Crippen LogP contribution in [0.5, 0.6) is 0 Å². The molecule has 2 amide bonds. The van der Waals surface area contributed by atoms with Gasteiger partial charge >= 0.3 is 0 Å². The van der Waals surface area contributed by atoms with Gasteiger partial charge in [0.25, 0.3) is 5.91 Å². The minimum absolute atomic E-state index is 0.103. The molecule has 0 aromatic carbocycles. The first kappa shape index (κ1) is 14.9. The van der Waals surface area contributed by atoms with E-state index in [0.717, 1.165) is 12.1 Å². The predicted molar refractivity (Wildman–Crippen MR) is 85.3 cm³/mol. The summed E-state index contributed by atoms with van der Waals surface area (Å²) < 4.78 is 5.18. The van der Waals surface area contributed by atoms with Crippen LogP contribution in [-0.2, 0) is 4.79 Å². The molecule has 124 valence electrons. The van der Waals surface area contributed by atoms with Crippen LogP contribution in [0.15, 0.2) is 41.5 Å². The van der Waals surface area contributed by atoms with Crippen molar-refractivity contribution in [2.24, 2.45) is 5.41 Å². The van der Waals surface area contributed by atoms with Gasteiger partial charge in [0, 0.05) is 19.6 Å². The summed E-state index contributed by atoms with van der Waals surface area (Å²) in [6, 6.07) is 3.38. The van der Waals surface area contributed by atoms with Gasteiger partial charge in [0.1, 0.15) is 6.33 Å². The molecule has 2 aromatic rings. The highest BCUT2D eigenvalue weighted by molar-refractivity contribution is 6.00. The molecule has 2 aliphatic rings. The van der Waals surface area contributed by atoms with E-state index < -0.39 is 0 Å². The highest BCUT2D eigenvalue weighted by Crippen LogP contribution is 2.43. The van der Waals surface area contributed by atoms with Gasteiger partial charge in [-0.1, -0.05) is 0 Å². The molecule has 0 N–H and O–H groups in total. The third kappa shape index (κ3) is 2.36. The van der Waals surface area contributed by atoms with Crippen LogP contribution in [0.2, 0.25) is 0 Å². The van der Waals surface area contributed by atoms with Crippen LogP contribution >= 0.6 is 0 Å². The summed E-state index contributed by atoms with van der Waals surface area (Å²) in [5, 5.41) is 0. The summed E-state index contributed by atoms with van der Waals surface area (Å²) >= 11 is 0. The molecule has 0 radical (unpaired) electrons. The van der Waals surface area contributed by atoms with Gasteiger partial charge in [-0.05, 0) is 31.4 Å². The Morgan fingerprint density at radius 1 is 1.12 bits per heavy atom. The molecule has 2 aromatic heterocycles. The molecule has 4 heterocycles. The first-order chi connectivity index (χ1) is 11.7. The van der Waals surface area contributed by atoms with E-state index in [1.807, 2.05) is 0 Å². The van der Waals surface area contributed by atoms with Gasteiger partial charge in [-0.15, -0.1) is 0 Å². The Bertz CT molecular complexity index is 736. The Labute approximate surface area is 139 Å². The number of hydrogen-bond acceptors (Lipinski definition) is 5. The van der Waals surface area contributed by atoms with E-state index >= 15 is 0 Å². The molecule has 4 rings (SSSR count). The normalized spacial score (nSPS) is 19.9. The fourth-order valence-electron chi connectivity index (χ4n) is 3.66. The third-order valence-corrected chi connectivity index (χ3v) is 5.11. The van der Waals surface area contributed by atoms with E-state index in [1.165, 1.54) is 12.6 Å². The number of furan rings is 1. The Morgan fingerprint density at radius 2 is 1.83 bits per heavy atom. The summed E-state index contributed by atoms with van der Waals surface area (Å²) in [5.41, 5.74) is 0.379. The number of carbonyl (C=O) groups excluding carboxylic acids is 2. The molecule has 0 saturated carbocycles. The summed E-state index contributed by atoms with van der Waals surface area (Å²) in [5.74, 6) is 0.378. The first-order valence-corrected chi connectivity index (χ1v) is 8.09. The molecule has 0 bridgehead atoms. The zero-order valence-corrected chi connectivity index (χ0v) is 13.2. The molecule has 0 atom stereocenters. The van der Waals surface area contributed by atoms with Crippen molar-refractivity contribution in [1.29, 1.82) is 0 Å². The van der Waals surface area contributed by atoms with E-state index in [2.05, 4.69) is 9.97 Å². The summed E-state index contributed by atoms with van der Waals surface area (Å²) in [6.45, 7) is 1.83. The number of hydrogen-bond donors (Lipinski definition) is 0. The number of amides is 2. The minimum Gasteiger partial charge on any atom is -0.459 e. The summed E-state index contributed by atoms with van der Waals surface area (Å²) in [6.07, 6.45) is 8.46. The van der Waals surface area contributed by atoms with Crippen molar-refractivity contribution < 1.29 is 14.0 Å². The van der Waals surface area contributed by atoms with Crippen LogP contribution in [0.4, 0.5) is 5.69 Å². The summed E-state index contributed by atoms with van der Waals surface area (Å²) in [7, 11) is 0. The number of anilines is 1. The van der Waals surface area contributed by atoms with Crippen LogP contribution < -0.4 is 4.90 Å². The average Bonchev–Trinajstić information content (AvgIpc) is 3.26. The molecule has 2 saturated heterocycles. The number of aromatic nitrogens is 2. The standard InChI is InChI=1S/C17H18N4O3/c22-15(14-2-1-9-24-14)20-6-3-17(4-7-20)5-8-21(16(17)23)13-10-18-12-19-11-13/h1-2,9-12H,3-8H2. The van der Waals surface area contributed by atoms with Crippen LogP contribution in [0.25, 0.3) is 0 Å². The van der Waals surface area contributed by atoms with E-state index in [-0.39, 0.29) is 17.2 Å². The van der Waals surface area contributed by atoms with E-state index in [4.69, 9.17) is 4.42 Å². The fraction of sp³-hybridized carbons (Fsp3) is 0.412. The maximum atomic E-state index is 12.9. The van der Waals surface area contributed by atoms with Crippen LogP contribution in [-0.4, -0.2) is 46.3 Å². The van der Waals surface area contributed by atoms with Gasteiger partial charge in [0.15, 0.2) is 5.76 Å². The molecule has 2 fully saturated rings. The zero-order valence-electron chi connectivity index (χ0n) is 13.2. The molecule has 24 heavy (non-hydrogen) atoms. The number of piperidine rings is 1. The van der Waals surface area contributed by atoms with Gasteiger partial charge in [-0.2, -0.15) is 0 Å². The second-order valence-electron chi connectivity index (χ2n) is 6.35. The molecule has 0 unspecified atom stereocenters. The highest BCUT2D eigenvalue weighted by atomic mass is 16.3. The van der Waals surface area contributed by atoms with Crippen molar-refractivity contribution in [2.75, 3.05) is 24.5 Å². The van der Waals surface area contributed by atoms with E-state index in [9.17, 15) is 9.59 Å². The SMILES string of the molecule is O=C(c1ccco1)N1CCC2(CC1)CCN(c1cncnc1)C2=O. The van der Waals surface area contributed by atoms with Crippen LogP contribution in [0.1, 0.15) is 29.8 Å². The van der Waals surface area contributed by atoms with E-state index in [0.29, 0.717) is 38.2 Å². The number of likely N-dealkylation sites (tertiary alicyclic amines) is 1.